The first-order valence-corrected chi connectivity index (χ1v) is 33.9. The predicted molar refractivity (Wildman–Crippen MR) is 321 cm³/mol. The lowest BCUT2D eigenvalue weighted by Gasteiger charge is -2.40. The van der Waals surface area contributed by atoms with Gasteiger partial charge in [0.2, 0.25) is 5.91 Å². The van der Waals surface area contributed by atoms with E-state index in [1.165, 1.54) is 270 Å². The molecule has 0 bridgehead atoms. The summed E-state index contributed by atoms with van der Waals surface area (Å²) in [6, 6.07) is -1.16. The van der Waals surface area contributed by atoms with Crippen LogP contribution in [-0.2, 0) is 14.3 Å². The van der Waals surface area contributed by atoms with Crippen LogP contribution in [0.2, 0.25) is 0 Å². The standard InChI is InChI=1S/C66H131NO10/c1-3-5-7-9-11-13-15-17-19-21-23-25-27-29-30-32-33-35-37-39-41-43-45-47-49-51-53-58(69)61(71)57(56-76-66-64(74)63(73)62(72)60(55-68)77-66)67-65(75)59(70)54-52-50-48-46-44-42-40-38-36-34-31-28-26-24-22-20-18-16-14-12-10-8-6-4-2/h57-64,66,68-74H,3-56H2,1-2H3,(H,67,75). The summed E-state index contributed by atoms with van der Waals surface area (Å²) >= 11 is 0. The van der Waals surface area contributed by atoms with Crippen LogP contribution in [0, 0.1) is 0 Å². The molecule has 1 heterocycles. The maximum atomic E-state index is 13.2. The van der Waals surface area contributed by atoms with E-state index in [4.69, 9.17) is 9.47 Å². The summed E-state index contributed by atoms with van der Waals surface area (Å²) in [5.74, 6) is -0.687. The van der Waals surface area contributed by atoms with Gasteiger partial charge < -0.3 is 50.5 Å². The number of carbonyl (C=O) groups excluding carboxylic acids is 1. The molecule has 1 rings (SSSR count). The van der Waals surface area contributed by atoms with Crippen molar-refractivity contribution < 1.29 is 50.0 Å². The lowest BCUT2D eigenvalue weighted by molar-refractivity contribution is -0.303. The molecule has 0 aromatic rings. The average Bonchev–Trinajstić information content (AvgIpc) is 3.43. The lowest BCUT2D eigenvalue weighted by Crippen LogP contribution is -2.60. The van der Waals surface area contributed by atoms with Gasteiger partial charge in [-0.1, -0.05) is 335 Å². The lowest BCUT2D eigenvalue weighted by atomic mass is 9.98. The Labute approximate surface area is 475 Å². The fraction of sp³-hybridized carbons (Fsp3) is 0.985. The molecular weight excluding hydrogens is 967 g/mol. The molecule has 0 aromatic heterocycles. The molecule has 1 saturated heterocycles. The van der Waals surface area contributed by atoms with Gasteiger partial charge in [-0.05, 0) is 12.8 Å². The number of carbonyl (C=O) groups is 1. The number of aliphatic hydroxyl groups is 7. The number of aliphatic hydroxyl groups excluding tert-OH is 7. The van der Waals surface area contributed by atoms with Gasteiger partial charge in [-0.25, -0.2) is 0 Å². The molecule has 1 fully saturated rings. The maximum Gasteiger partial charge on any atom is 0.249 e. The van der Waals surface area contributed by atoms with E-state index >= 15 is 0 Å². The van der Waals surface area contributed by atoms with E-state index in [0.717, 1.165) is 38.5 Å². The van der Waals surface area contributed by atoms with E-state index < -0.39 is 74.2 Å². The number of rotatable bonds is 60. The van der Waals surface area contributed by atoms with Crippen LogP contribution in [0.5, 0.6) is 0 Å². The van der Waals surface area contributed by atoms with Gasteiger partial charge in [-0.2, -0.15) is 0 Å². The molecule has 11 nitrogen and oxygen atoms in total. The largest absolute Gasteiger partial charge is 0.394 e. The molecule has 9 unspecified atom stereocenters. The van der Waals surface area contributed by atoms with Crippen molar-refractivity contribution >= 4 is 5.91 Å². The summed E-state index contributed by atoms with van der Waals surface area (Å²) in [4.78, 5) is 13.2. The number of hydrogen-bond donors (Lipinski definition) is 8. The molecule has 1 aliphatic rings. The maximum absolute atomic E-state index is 13.2. The summed E-state index contributed by atoms with van der Waals surface area (Å²) in [7, 11) is 0. The van der Waals surface area contributed by atoms with E-state index in [1.807, 2.05) is 0 Å². The number of unbranched alkanes of at least 4 members (excludes halogenated alkanes) is 48. The molecule has 0 aliphatic carbocycles. The number of ether oxygens (including phenoxy) is 2. The third-order valence-electron chi connectivity index (χ3n) is 16.9. The number of hydrogen-bond acceptors (Lipinski definition) is 10. The molecule has 460 valence electrons. The van der Waals surface area contributed by atoms with Crippen molar-refractivity contribution in [1.82, 2.24) is 5.32 Å². The zero-order valence-corrected chi connectivity index (χ0v) is 50.7. The fourth-order valence-electron chi connectivity index (χ4n) is 11.4. The minimum absolute atomic E-state index is 0.267. The van der Waals surface area contributed by atoms with Crippen molar-refractivity contribution in [2.75, 3.05) is 13.2 Å². The van der Waals surface area contributed by atoms with Crippen molar-refractivity contribution in [3.63, 3.8) is 0 Å². The van der Waals surface area contributed by atoms with E-state index in [-0.39, 0.29) is 6.42 Å². The van der Waals surface area contributed by atoms with E-state index in [1.54, 1.807) is 0 Å². The Balaban J connectivity index is 2.21. The Kier molecular flexibility index (Phi) is 53.6. The Bertz CT molecular complexity index is 1210. The van der Waals surface area contributed by atoms with Gasteiger partial charge in [-0.15, -0.1) is 0 Å². The molecular formula is C66H131NO10. The van der Waals surface area contributed by atoms with Crippen LogP contribution in [-0.4, -0.2) is 110 Å². The van der Waals surface area contributed by atoms with E-state index in [0.29, 0.717) is 19.3 Å². The summed E-state index contributed by atoms with van der Waals surface area (Å²) in [5.41, 5.74) is 0. The van der Waals surface area contributed by atoms with Gasteiger partial charge in [0.1, 0.15) is 36.6 Å². The van der Waals surface area contributed by atoms with Gasteiger partial charge in [0.05, 0.1) is 25.4 Å². The highest BCUT2D eigenvalue weighted by Gasteiger charge is 2.44. The van der Waals surface area contributed by atoms with Gasteiger partial charge in [0, 0.05) is 0 Å². The smallest absolute Gasteiger partial charge is 0.249 e. The Morgan fingerprint density at radius 2 is 0.675 bits per heavy atom. The van der Waals surface area contributed by atoms with Gasteiger partial charge in [-0.3, -0.25) is 4.79 Å². The fourth-order valence-corrected chi connectivity index (χ4v) is 11.4. The Morgan fingerprint density at radius 1 is 0.403 bits per heavy atom. The van der Waals surface area contributed by atoms with Gasteiger partial charge >= 0.3 is 0 Å². The first-order chi connectivity index (χ1) is 37.7. The molecule has 0 saturated carbocycles. The average molecular weight is 1100 g/mol. The highest BCUT2D eigenvalue weighted by Crippen LogP contribution is 2.24. The molecule has 0 aromatic carbocycles. The quantitative estimate of drug-likeness (QED) is 0.0272. The van der Waals surface area contributed by atoms with Crippen LogP contribution < -0.4 is 5.32 Å². The van der Waals surface area contributed by atoms with Crippen LogP contribution in [0.15, 0.2) is 0 Å². The SMILES string of the molecule is CCCCCCCCCCCCCCCCCCCCCCCCCCCCC(O)C(O)C(COC1OC(CO)C(O)C(O)C1O)NC(=O)C(O)CCCCCCCCCCCCCCCCCCCCCCCCCC. The van der Waals surface area contributed by atoms with Crippen LogP contribution in [0.3, 0.4) is 0 Å². The highest BCUT2D eigenvalue weighted by atomic mass is 16.7. The second-order valence-corrected chi connectivity index (χ2v) is 24.3. The zero-order valence-electron chi connectivity index (χ0n) is 50.7. The first-order valence-electron chi connectivity index (χ1n) is 33.9. The molecule has 0 radical (unpaired) electrons. The minimum Gasteiger partial charge on any atom is -0.394 e. The van der Waals surface area contributed by atoms with Gasteiger partial charge in [0.25, 0.3) is 0 Å². The Hall–Kier alpha value is -0.890. The van der Waals surface area contributed by atoms with Crippen molar-refractivity contribution in [2.24, 2.45) is 0 Å². The van der Waals surface area contributed by atoms with Crippen LogP contribution in [0.1, 0.15) is 348 Å². The van der Waals surface area contributed by atoms with Gasteiger partial charge in [0.15, 0.2) is 6.29 Å². The highest BCUT2D eigenvalue weighted by molar-refractivity contribution is 5.80. The number of nitrogens with one attached hydrogen (secondary N) is 1. The molecule has 11 heteroatoms. The molecule has 9 atom stereocenters. The normalized spacial score (nSPS) is 19.4. The minimum atomic E-state index is -1.66. The van der Waals surface area contributed by atoms with E-state index in [2.05, 4.69) is 19.2 Å². The molecule has 77 heavy (non-hydrogen) atoms. The van der Waals surface area contributed by atoms with Crippen molar-refractivity contribution in [3.8, 4) is 0 Å². The summed E-state index contributed by atoms with van der Waals surface area (Å²) in [6.45, 7) is 3.52. The first kappa shape index (κ1) is 74.1. The number of amides is 1. The van der Waals surface area contributed by atoms with E-state index in [9.17, 15) is 40.5 Å². The third kappa shape index (κ3) is 43.5. The summed E-state index contributed by atoms with van der Waals surface area (Å²) in [6.07, 6.45) is 54.6. The molecule has 1 aliphatic heterocycles. The second kappa shape index (κ2) is 55.6. The third-order valence-corrected chi connectivity index (χ3v) is 16.9. The van der Waals surface area contributed by atoms with Crippen molar-refractivity contribution in [2.45, 2.75) is 403 Å². The molecule has 0 spiro atoms. The summed E-state index contributed by atoms with van der Waals surface area (Å²) < 4.78 is 11.2. The Morgan fingerprint density at radius 3 is 0.961 bits per heavy atom. The topological polar surface area (TPSA) is 189 Å². The zero-order chi connectivity index (χ0) is 56.1. The van der Waals surface area contributed by atoms with Crippen molar-refractivity contribution in [1.29, 1.82) is 0 Å². The molecule has 8 N–H and O–H groups in total. The predicted octanol–water partition coefficient (Wildman–Crippen LogP) is 15.7. The van der Waals surface area contributed by atoms with Crippen LogP contribution in [0.25, 0.3) is 0 Å². The van der Waals surface area contributed by atoms with Crippen LogP contribution in [0.4, 0.5) is 0 Å². The monoisotopic (exact) mass is 1100 g/mol. The van der Waals surface area contributed by atoms with Crippen molar-refractivity contribution in [3.05, 3.63) is 0 Å². The van der Waals surface area contributed by atoms with Crippen LogP contribution >= 0.6 is 0 Å². The summed E-state index contributed by atoms with van der Waals surface area (Å²) in [5, 5.41) is 76.5. The second-order valence-electron chi connectivity index (χ2n) is 24.3. The molecule has 1 amide bonds.